The van der Waals surface area contributed by atoms with Crippen molar-refractivity contribution in [3.8, 4) is 6.07 Å². The SMILES string of the molecule is Cc1nc(SCC(=O)N2c3ccccc3Sc3ccccc32)c(C#N)c(C)c1C. The predicted octanol–water partition coefficient (Wildman–Crippen LogP) is 5.80. The number of amides is 1. The van der Waals surface area contributed by atoms with Crippen molar-refractivity contribution in [1.29, 1.82) is 5.26 Å². The standard InChI is InChI=1S/C23H19N3OS2/c1-14-15(2)17(12-24)23(25-16(14)3)28-13-22(27)26-18-8-4-6-10-20(18)29-21-11-7-5-9-19(21)26/h4-11H,13H2,1-3H3. The molecular weight excluding hydrogens is 398 g/mol. The summed E-state index contributed by atoms with van der Waals surface area (Å²) < 4.78 is 0. The molecule has 144 valence electrons. The number of hydrogen-bond acceptors (Lipinski definition) is 5. The molecule has 0 bridgehead atoms. The molecule has 29 heavy (non-hydrogen) atoms. The molecular formula is C23H19N3OS2. The summed E-state index contributed by atoms with van der Waals surface area (Å²) in [5, 5.41) is 10.2. The Morgan fingerprint density at radius 2 is 1.62 bits per heavy atom. The van der Waals surface area contributed by atoms with Crippen LogP contribution in [0.5, 0.6) is 0 Å². The van der Waals surface area contributed by atoms with E-state index in [2.05, 4.69) is 11.1 Å². The molecule has 0 saturated heterocycles. The maximum absolute atomic E-state index is 13.3. The monoisotopic (exact) mass is 417 g/mol. The van der Waals surface area contributed by atoms with Gasteiger partial charge in [-0.15, -0.1) is 0 Å². The highest BCUT2D eigenvalue weighted by Crippen LogP contribution is 2.48. The fourth-order valence-electron chi connectivity index (χ4n) is 3.32. The summed E-state index contributed by atoms with van der Waals surface area (Å²) in [4.78, 5) is 21.8. The Labute approximate surface area is 179 Å². The Morgan fingerprint density at radius 3 is 2.21 bits per heavy atom. The van der Waals surface area contributed by atoms with Crippen LogP contribution < -0.4 is 4.90 Å². The van der Waals surface area contributed by atoms with Crippen molar-refractivity contribution in [2.24, 2.45) is 0 Å². The van der Waals surface area contributed by atoms with Crippen molar-refractivity contribution >= 4 is 40.8 Å². The van der Waals surface area contributed by atoms with Crippen molar-refractivity contribution < 1.29 is 4.79 Å². The number of aromatic nitrogens is 1. The van der Waals surface area contributed by atoms with Gasteiger partial charge in [-0.1, -0.05) is 47.8 Å². The Bertz CT molecular complexity index is 1120. The third kappa shape index (κ3) is 3.52. The third-order valence-electron chi connectivity index (χ3n) is 5.09. The van der Waals surface area contributed by atoms with E-state index in [1.165, 1.54) is 11.8 Å². The van der Waals surface area contributed by atoms with Crippen LogP contribution in [0.3, 0.4) is 0 Å². The maximum Gasteiger partial charge on any atom is 0.242 e. The molecule has 0 fully saturated rings. The topological polar surface area (TPSA) is 57.0 Å². The van der Waals surface area contributed by atoms with E-state index in [-0.39, 0.29) is 11.7 Å². The Balaban J connectivity index is 1.67. The normalized spacial score (nSPS) is 12.1. The average molecular weight is 418 g/mol. The lowest BCUT2D eigenvalue weighted by molar-refractivity contribution is -0.115. The van der Waals surface area contributed by atoms with E-state index in [1.54, 1.807) is 16.7 Å². The summed E-state index contributed by atoms with van der Waals surface area (Å²) in [5.41, 5.74) is 5.19. The zero-order valence-corrected chi connectivity index (χ0v) is 18.0. The van der Waals surface area contributed by atoms with Crippen molar-refractivity contribution in [3.63, 3.8) is 0 Å². The van der Waals surface area contributed by atoms with Gasteiger partial charge in [-0.05, 0) is 56.2 Å². The van der Waals surface area contributed by atoms with Gasteiger partial charge in [0.15, 0.2) is 0 Å². The molecule has 0 saturated carbocycles. The molecule has 6 heteroatoms. The van der Waals surface area contributed by atoms with Gasteiger partial charge >= 0.3 is 0 Å². The minimum absolute atomic E-state index is 0.0308. The van der Waals surface area contributed by atoms with Crippen LogP contribution in [0.1, 0.15) is 22.4 Å². The highest BCUT2D eigenvalue weighted by molar-refractivity contribution is 8.00. The van der Waals surface area contributed by atoms with E-state index in [4.69, 9.17) is 0 Å². The van der Waals surface area contributed by atoms with Crippen LogP contribution in [0.15, 0.2) is 63.3 Å². The lowest BCUT2D eigenvalue weighted by atomic mass is 10.1. The van der Waals surface area contributed by atoms with E-state index < -0.39 is 0 Å². The van der Waals surface area contributed by atoms with Gasteiger partial charge < -0.3 is 0 Å². The number of fused-ring (bicyclic) bond motifs is 2. The van der Waals surface area contributed by atoms with Crippen LogP contribution in [-0.4, -0.2) is 16.6 Å². The first-order chi connectivity index (χ1) is 14.0. The van der Waals surface area contributed by atoms with E-state index in [9.17, 15) is 10.1 Å². The molecule has 3 aromatic rings. The molecule has 1 aliphatic heterocycles. The molecule has 0 atom stereocenters. The number of carbonyl (C=O) groups excluding carboxylic acids is 1. The number of thioether (sulfide) groups is 1. The molecule has 0 spiro atoms. The van der Waals surface area contributed by atoms with Crippen molar-refractivity contribution in [2.75, 3.05) is 10.7 Å². The molecule has 0 aliphatic carbocycles. The first kappa shape index (κ1) is 19.6. The number of pyridine rings is 1. The molecule has 0 radical (unpaired) electrons. The van der Waals surface area contributed by atoms with Crippen LogP contribution in [0.25, 0.3) is 0 Å². The van der Waals surface area contributed by atoms with Crippen LogP contribution in [0, 0.1) is 32.1 Å². The smallest absolute Gasteiger partial charge is 0.242 e. The second kappa shape index (κ2) is 7.94. The van der Waals surface area contributed by atoms with Crippen LogP contribution in [0.4, 0.5) is 11.4 Å². The molecule has 1 aromatic heterocycles. The number of rotatable bonds is 3. The van der Waals surface area contributed by atoms with Crippen molar-refractivity contribution in [3.05, 3.63) is 70.9 Å². The minimum atomic E-state index is -0.0308. The van der Waals surface area contributed by atoms with Gasteiger partial charge in [0.25, 0.3) is 0 Å². The van der Waals surface area contributed by atoms with Gasteiger partial charge in [-0.25, -0.2) is 4.98 Å². The van der Waals surface area contributed by atoms with Crippen LogP contribution in [-0.2, 0) is 4.79 Å². The van der Waals surface area contributed by atoms with Crippen molar-refractivity contribution in [1.82, 2.24) is 4.98 Å². The molecule has 1 amide bonds. The Morgan fingerprint density at radius 1 is 1.03 bits per heavy atom. The van der Waals surface area contributed by atoms with Gasteiger partial charge in [-0.3, -0.25) is 9.69 Å². The second-order valence-electron chi connectivity index (χ2n) is 6.79. The van der Waals surface area contributed by atoms with Gasteiger partial charge in [0, 0.05) is 15.5 Å². The zero-order chi connectivity index (χ0) is 20.5. The minimum Gasteiger partial charge on any atom is -0.278 e. The van der Waals surface area contributed by atoms with Gasteiger partial charge in [-0.2, -0.15) is 5.26 Å². The molecule has 2 aromatic carbocycles. The van der Waals surface area contributed by atoms with Crippen LogP contribution in [0.2, 0.25) is 0 Å². The van der Waals surface area contributed by atoms with Gasteiger partial charge in [0.1, 0.15) is 11.1 Å². The number of anilines is 2. The van der Waals surface area contributed by atoms with E-state index >= 15 is 0 Å². The molecule has 1 aliphatic rings. The summed E-state index contributed by atoms with van der Waals surface area (Å²) >= 11 is 3.00. The lowest BCUT2D eigenvalue weighted by Crippen LogP contribution is -2.30. The Kier molecular flexibility index (Phi) is 5.35. The highest BCUT2D eigenvalue weighted by atomic mass is 32.2. The average Bonchev–Trinajstić information content (AvgIpc) is 2.74. The number of nitrogens with zero attached hydrogens (tertiary/aromatic N) is 3. The number of hydrogen-bond donors (Lipinski definition) is 0. The lowest BCUT2D eigenvalue weighted by Gasteiger charge is -2.31. The fraction of sp³-hybridized carbons (Fsp3) is 0.174. The largest absolute Gasteiger partial charge is 0.278 e. The zero-order valence-electron chi connectivity index (χ0n) is 16.4. The number of aryl methyl sites for hydroxylation is 1. The summed E-state index contributed by atoms with van der Waals surface area (Å²) in [7, 11) is 0. The van der Waals surface area contributed by atoms with E-state index in [1.807, 2.05) is 69.3 Å². The number of para-hydroxylation sites is 2. The molecule has 2 heterocycles. The predicted molar refractivity (Wildman–Crippen MR) is 118 cm³/mol. The number of benzene rings is 2. The van der Waals surface area contributed by atoms with Gasteiger partial charge in [0.2, 0.25) is 5.91 Å². The van der Waals surface area contributed by atoms with Crippen LogP contribution >= 0.6 is 23.5 Å². The van der Waals surface area contributed by atoms with Gasteiger partial charge in [0.05, 0.1) is 22.7 Å². The highest BCUT2D eigenvalue weighted by Gasteiger charge is 2.28. The number of carbonyl (C=O) groups is 1. The molecule has 4 rings (SSSR count). The second-order valence-corrected chi connectivity index (χ2v) is 8.84. The molecule has 0 N–H and O–H groups in total. The summed E-state index contributed by atoms with van der Waals surface area (Å²) in [6.07, 6.45) is 0. The first-order valence-electron chi connectivity index (χ1n) is 9.21. The summed E-state index contributed by atoms with van der Waals surface area (Å²) in [6, 6.07) is 18.1. The summed E-state index contributed by atoms with van der Waals surface area (Å²) in [6.45, 7) is 5.84. The van der Waals surface area contributed by atoms with E-state index in [0.717, 1.165) is 38.0 Å². The maximum atomic E-state index is 13.3. The molecule has 0 unspecified atom stereocenters. The van der Waals surface area contributed by atoms with Crippen molar-refractivity contribution in [2.45, 2.75) is 35.6 Å². The molecule has 4 nitrogen and oxygen atoms in total. The first-order valence-corrected chi connectivity index (χ1v) is 11.0. The number of nitriles is 1. The summed E-state index contributed by atoms with van der Waals surface area (Å²) in [5.74, 6) is 0.175. The van der Waals surface area contributed by atoms with E-state index in [0.29, 0.717) is 10.6 Å². The Hall–Kier alpha value is -2.75. The fourth-order valence-corrected chi connectivity index (χ4v) is 5.31. The quantitative estimate of drug-likeness (QED) is 0.504. The third-order valence-corrected chi connectivity index (χ3v) is 7.18.